The lowest BCUT2D eigenvalue weighted by molar-refractivity contribution is -0.140. The molecule has 5 heterocycles. The van der Waals surface area contributed by atoms with Crippen molar-refractivity contribution in [3.63, 3.8) is 0 Å². The van der Waals surface area contributed by atoms with Gasteiger partial charge in [0.15, 0.2) is 41.2 Å². The lowest BCUT2D eigenvalue weighted by Crippen LogP contribution is -2.34. The first-order valence-electron chi connectivity index (χ1n) is 16.0. The Kier molecular flexibility index (Phi) is 9.31. The summed E-state index contributed by atoms with van der Waals surface area (Å²) < 4.78 is 13.1. The first-order valence-corrected chi connectivity index (χ1v) is 16.0. The molecule has 244 valence electrons. The van der Waals surface area contributed by atoms with Gasteiger partial charge in [0.05, 0.1) is 6.33 Å². The van der Waals surface area contributed by atoms with Crippen molar-refractivity contribution in [2.75, 3.05) is 43.4 Å². The fourth-order valence-corrected chi connectivity index (χ4v) is 6.48. The molecule has 0 amide bonds. The van der Waals surface area contributed by atoms with E-state index in [0.29, 0.717) is 48.3 Å². The molecule has 7 rings (SSSR count). The van der Waals surface area contributed by atoms with Crippen molar-refractivity contribution in [3.05, 3.63) is 90.3 Å². The Bertz CT molecular complexity index is 1690. The normalized spacial score (nSPS) is 21.7. The van der Waals surface area contributed by atoms with Crippen LogP contribution in [0.5, 0.6) is 0 Å². The highest BCUT2D eigenvalue weighted by molar-refractivity contribution is 5.84. The van der Waals surface area contributed by atoms with Gasteiger partial charge >= 0.3 is 0 Å². The first kappa shape index (κ1) is 30.7. The highest BCUT2D eigenvalue weighted by atomic mass is 16.6. The quantitative estimate of drug-likeness (QED) is 0.139. The summed E-state index contributed by atoms with van der Waals surface area (Å²) in [4.78, 5) is 31.1. The standard InChI is InChI=1S/C33H38N10O4/c44-21-46-27-26(45)32(47-28(27)30-36-19-38-41-30)43-20-37-25-29(39-33(40-31(25)43)34-14-17-42-15-8-3-9-16-42)35-18-24(22-10-4-1-5-11-22)23-12-6-2-7-13-23/h1-2,4-7,10-13,19-21,24,26-28,32,45H,3,8-9,14-18H2,(H,36,38,41)(H2,34,35,39,40)/t26-,27+,28+,32-/m1/s1. The van der Waals surface area contributed by atoms with Gasteiger partial charge in [-0.2, -0.15) is 9.97 Å². The lowest BCUT2D eigenvalue weighted by atomic mass is 9.91. The van der Waals surface area contributed by atoms with Crippen molar-refractivity contribution in [3.8, 4) is 0 Å². The summed E-state index contributed by atoms with van der Waals surface area (Å²) >= 11 is 0. The van der Waals surface area contributed by atoms with Crippen molar-refractivity contribution in [2.45, 2.75) is 49.7 Å². The number of fused-ring (bicyclic) bond motifs is 1. The number of aliphatic hydroxyl groups excluding tert-OH is 1. The lowest BCUT2D eigenvalue weighted by Gasteiger charge is -2.26. The highest BCUT2D eigenvalue weighted by Crippen LogP contribution is 2.40. The van der Waals surface area contributed by atoms with Gasteiger partial charge < -0.3 is 35.1 Å². The Labute approximate surface area is 271 Å². The van der Waals surface area contributed by atoms with Crippen molar-refractivity contribution < 1.29 is 19.4 Å². The molecule has 2 aliphatic rings. The van der Waals surface area contributed by atoms with Crippen LogP contribution in [0.2, 0.25) is 0 Å². The van der Waals surface area contributed by atoms with Gasteiger partial charge in [-0.15, -0.1) is 10.2 Å². The molecular formula is C33H38N10O4. The predicted octanol–water partition coefficient (Wildman–Crippen LogP) is 3.26. The second-order valence-corrected chi connectivity index (χ2v) is 11.8. The number of piperidine rings is 1. The van der Waals surface area contributed by atoms with Gasteiger partial charge in [-0.25, -0.2) is 4.98 Å². The third kappa shape index (κ3) is 6.66. The third-order valence-electron chi connectivity index (χ3n) is 8.86. The van der Waals surface area contributed by atoms with E-state index in [-0.39, 0.29) is 5.92 Å². The van der Waals surface area contributed by atoms with Gasteiger partial charge in [-0.1, -0.05) is 67.1 Å². The number of H-pyrrole nitrogens is 1. The molecule has 0 spiro atoms. The zero-order valence-corrected chi connectivity index (χ0v) is 25.9. The Morgan fingerprint density at radius 2 is 1.77 bits per heavy atom. The molecule has 14 nitrogen and oxygen atoms in total. The minimum absolute atomic E-state index is 0.0453. The largest absolute Gasteiger partial charge is 0.458 e. The number of carbonyl (C=O) groups excluding carboxylic acids is 1. The van der Waals surface area contributed by atoms with Crippen LogP contribution in [0.25, 0.3) is 11.2 Å². The van der Waals surface area contributed by atoms with E-state index >= 15 is 0 Å². The molecule has 2 aliphatic heterocycles. The van der Waals surface area contributed by atoms with Crippen LogP contribution in [0.15, 0.2) is 73.3 Å². The molecule has 2 fully saturated rings. The molecule has 3 aromatic heterocycles. The third-order valence-corrected chi connectivity index (χ3v) is 8.86. The van der Waals surface area contributed by atoms with Crippen molar-refractivity contribution in [1.82, 2.24) is 39.6 Å². The molecule has 2 aromatic carbocycles. The summed E-state index contributed by atoms with van der Waals surface area (Å²) in [5, 5.41) is 26.1. The summed E-state index contributed by atoms with van der Waals surface area (Å²) in [7, 11) is 0. The fourth-order valence-electron chi connectivity index (χ4n) is 6.48. The molecule has 2 saturated heterocycles. The van der Waals surface area contributed by atoms with Crippen molar-refractivity contribution >= 4 is 29.4 Å². The Morgan fingerprint density at radius 3 is 2.45 bits per heavy atom. The van der Waals surface area contributed by atoms with Crippen LogP contribution in [0.4, 0.5) is 11.8 Å². The number of nitrogens with one attached hydrogen (secondary N) is 3. The van der Waals surface area contributed by atoms with E-state index in [2.05, 4.69) is 60.0 Å². The smallest absolute Gasteiger partial charge is 0.293 e. The van der Waals surface area contributed by atoms with Gasteiger partial charge in [-0.3, -0.25) is 9.36 Å². The monoisotopic (exact) mass is 638 g/mol. The number of aromatic amines is 1. The number of carbonyl (C=O) groups is 1. The topological polar surface area (TPSA) is 168 Å². The number of likely N-dealkylation sites (tertiary alicyclic amines) is 1. The number of hydrogen-bond acceptors (Lipinski definition) is 12. The van der Waals surface area contributed by atoms with Crippen LogP contribution in [-0.2, 0) is 14.3 Å². The molecule has 0 radical (unpaired) electrons. The van der Waals surface area contributed by atoms with E-state index in [9.17, 15) is 9.90 Å². The number of aromatic nitrogens is 7. The maximum Gasteiger partial charge on any atom is 0.293 e. The van der Waals surface area contributed by atoms with E-state index in [1.54, 1.807) is 10.9 Å². The molecular weight excluding hydrogens is 600 g/mol. The van der Waals surface area contributed by atoms with E-state index in [1.165, 1.54) is 36.7 Å². The van der Waals surface area contributed by atoms with Gasteiger partial charge in [0.25, 0.3) is 6.47 Å². The minimum Gasteiger partial charge on any atom is -0.458 e. The zero-order chi connectivity index (χ0) is 32.0. The number of anilines is 2. The number of hydrogen-bond donors (Lipinski definition) is 4. The van der Waals surface area contributed by atoms with Crippen LogP contribution < -0.4 is 10.6 Å². The number of rotatable bonds is 13. The van der Waals surface area contributed by atoms with Crippen molar-refractivity contribution in [1.29, 1.82) is 0 Å². The van der Waals surface area contributed by atoms with Gasteiger partial charge in [0.1, 0.15) is 12.4 Å². The SMILES string of the molecule is O=CO[C@H]1[C@@H](O)[C@H](n2cnc3c(NCC(c4ccccc4)c4ccccc4)nc(NCCN4CCCCC4)nc32)O[C@@H]1c1nnc[nH]1. The number of ether oxygens (including phenoxy) is 2. The maximum atomic E-state index is 11.4. The fraction of sp³-hybridized carbons (Fsp3) is 0.394. The molecule has 0 unspecified atom stereocenters. The maximum absolute atomic E-state index is 11.4. The average Bonchev–Trinajstić information content (AvgIpc) is 3.87. The van der Waals surface area contributed by atoms with E-state index < -0.39 is 24.5 Å². The van der Waals surface area contributed by atoms with E-state index in [1.807, 2.05) is 36.4 Å². The van der Waals surface area contributed by atoms with E-state index in [4.69, 9.17) is 19.4 Å². The van der Waals surface area contributed by atoms with Gasteiger partial charge in [0, 0.05) is 25.6 Å². The predicted molar refractivity (Wildman–Crippen MR) is 174 cm³/mol. The molecule has 0 saturated carbocycles. The second kappa shape index (κ2) is 14.2. The molecule has 0 aliphatic carbocycles. The molecule has 4 N–H and O–H groups in total. The molecule has 4 atom stereocenters. The summed E-state index contributed by atoms with van der Waals surface area (Å²) in [6.07, 6.45) is 2.54. The van der Waals surface area contributed by atoms with E-state index in [0.717, 1.165) is 19.6 Å². The van der Waals surface area contributed by atoms with Crippen LogP contribution >= 0.6 is 0 Å². The summed E-state index contributed by atoms with van der Waals surface area (Å²) in [5.41, 5.74) is 3.30. The second-order valence-electron chi connectivity index (χ2n) is 11.8. The summed E-state index contributed by atoms with van der Waals surface area (Å²) in [6, 6.07) is 20.7. The minimum atomic E-state index is -1.24. The summed E-state index contributed by atoms with van der Waals surface area (Å²) in [6.45, 7) is 4.57. The molecule has 0 bridgehead atoms. The average molecular weight is 639 g/mol. The Balaban J connectivity index is 1.21. The Hall–Kier alpha value is -4.92. The number of benzene rings is 2. The van der Waals surface area contributed by atoms with Crippen molar-refractivity contribution in [2.24, 2.45) is 0 Å². The number of aliphatic hydroxyl groups is 1. The van der Waals surface area contributed by atoms with Crippen LogP contribution in [-0.4, -0.2) is 96.1 Å². The van der Waals surface area contributed by atoms with Gasteiger partial charge in [-0.05, 0) is 37.1 Å². The van der Waals surface area contributed by atoms with Gasteiger partial charge in [0.2, 0.25) is 5.95 Å². The first-order chi connectivity index (χ1) is 23.2. The molecule has 14 heteroatoms. The summed E-state index contributed by atoms with van der Waals surface area (Å²) in [5.74, 6) is 1.34. The molecule has 5 aromatic rings. The van der Waals surface area contributed by atoms with Crippen LogP contribution in [0.1, 0.15) is 54.5 Å². The number of imidazole rings is 1. The molecule has 47 heavy (non-hydrogen) atoms. The Morgan fingerprint density at radius 1 is 1.02 bits per heavy atom. The van der Waals surface area contributed by atoms with Crippen LogP contribution in [0, 0.1) is 0 Å². The highest BCUT2D eigenvalue weighted by Gasteiger charge is 2.49. The zero-order valence-electron chi connectivity index (χ0n) is 25.9. The number of nitrogens with zero attached hydrogens (tertiary/aromatic N) is 7. The van der Waals surface area contributed by atoms with Crippen LogP contribution in [0.3, 0.4) is 0 Å².